The van der Waals surface area contributed by atoms with Gasteiger partial charge in [0.2, 0.25) is 0 Å². The van der Waals surface area contributed by atoms with Crippen molar-refractivity contribution >= 4 is 35.2 Å². The summed E-state index contributed by atoms with van der Waals surface area (Å²) < 4.78 is 19.6. The number of furan rings is 1. The maximum absolute atomic E-state index is 13.3. The van der Waals surface area contributed by atoms with Gasteiger partial charge in [-0.2, -0.15) is 0 Å². The molecule has 7 aromatic rings. The number of benzene rings is 4. The molecule has 0 fully saturated rings. The third kappa shape index (κ3) is 8.64. The van der Waals surface area contributed by atoms with E-state index in [0.717, 1.165) is 62.0 Å². The van der Waals surface area contributed by atoms with Crippen molar-refractivity contribution in [2.24, 2.45) is 5.92 Å². The van der Waals surface area contributed by atoms with Crippen LogP contribution in [0.4, 0.5) is 4.39 Å². The maximum atomic E-state index is 13.3. The van der Waals surface area contributed by atoms with Crippen LogP contribution in [0, 0.1) is 30.8 Å². The topological polar surface area (TPSA) is 38.9 Å². The summed E-state index contributed by atoms with van der Waals surface area (Å²) in [5.74, 6) is 0.843. The number of fused-ring (bicyclic) bond motifs is 3. The molecule has 7 rings (SSSR count). The molecule has 0 spiro atoms. The summed E-state index contributed by atoms with van der Waals surface area (Å²) in [4.78, 5) is 9.35. The number of halogens is 1. The molecule has 3 aromatic heterocycles. The quantitative estimate of drug-likeness (QED) is 0.118. The minimum absolute atomic E-state index is 0. The monoisotopic (exact) mass is 869 g/mol. The third-order valence-corrected chi connectivity index (χ3v) is 11.1. The van der Waals surface area contributed by atoms with Gasteiger partial charge in [-0.05, 0) is 82.2 Å². The molecule has 0 atom stereocenters. The molecule has 0 saturated carbocycles. The Bertz CT molecular complexity index is 2250. The second-order valence-electron chi connectivity index (χ2n) is 14.8. The number of rotatable bonds is 7. The minimum Gasteiger partial charge on any atom is -0.501 e. The van der Waals surface area contributed by atoms with Crippen molar-refractivity contribution in [1.82, 2.24) is 9.97 Å². The van der Waals surface area contributed by atoms with Crippen molar-refractivity contribution in [3.8, 4) is 33.6 Å². The van der Waals surface area contributed by atoms with Crippen molar-refractivity contribution in [2.75, 3.05) is 0 Å². The van der Waals surface area contributed by atoms with Gasteiger partial charge in [-0.15, -0.1) is 54.1 Å². The summed E-state index contributed by atoms with van der Waals surface area (Å²) in [6.07, 6.45) is 5.16. The predicted molar refractivity (Wildman–Crippen MR) is 210 cm³/mol. The van der Waals surface area contributed by atoms with Crippen molar-refractivity contribution in [2.45, 2.75) is 66.6 Å². The van der Waals surface area contributed by atoms with E-state index >= 15 is 0 Å². The fraction of sp³-hybridized carbons (Fsp3) is 0.244. The zero-order valence-corrected chi connectivity index (χ0v) is 34.1. The number of nitrogens with zero attached hydrogens (tertiary/aromatic N) is 2. The van der Waals surface area contributed by atoms with Gasteiger partial charge < -0.3 is 14.4 Å². The summed E-state index contributed by atoms with van der Waals surface area (Å²) in [6.45, 7) is 18.2. The van der Waals surface area contributed by atoms with Crippen LogP contribution in [0.2, 0.25) is 19.6 Å². The van der Waals surface area contributed by atoms with Crippen molar-refractivity contribution in [3.05, 3.63) is 138 Å². The van der Waals surface area contributed by atoms with Crippen LogP contribution in [0.3, 0.4) is 0 Å². The molecule has 0 N–H and O–H groups in total. The zero-order valence-electron chi connectivity index (χ0n) is 30.7. The van der Waals surface area contributed by atoms with Gasteiger partial charge in [0.1, 0.15) is 11.4 Å². The molecule has 51 heavy (non-hydrogen) atoms. The predicted octanol–water partition coefficient (Wildman–Crippen LogP) is 12.0. The van der Waals surface area contributed by atoms with E-state index < -0.39 is 8.07 Å². The van der Waals surface area contributed by atoms with Gasteiger partial charge in [0, 0.05) is 37.9 Å². The summed E-state index contributed by atoms with van der Waals surface area (Å²) in [7, 11) is -1.34. The van der Waals surface area contributed by atoms with E-state index in [0.29, 0.717) is 11.8 Å². The fourth-order valence-electron chi connectivity index (χ4n) is 6.53. The van der Waals surface area contributed by atoms with Crippen molar-refractivity contribution < 1.29 is 28.9 Å². The molecule has 0 aliphatic carbocycles. The van der Waals surface area contributed by atoms with Crippen LogP contribution < -0.4 is 5.19 Å². The van der Waals surface area contributed by atoms with Crippen LogP contribution in [0.1, 0.15) is 50.3 Å². The van der Waals surface area contributed by atoms with Crippen molar-refractivity contribution in [3.63, 3.8) is 0 Å². The van der Waals surface area contributed by atoms with Gasteiger partial charge in [-0.3, -0.25) is 0 Å². The molecule has 0 aliphatic heterocycles. The van der Waals surface area contributed by atoms with Crippen LogP contribution in [-0.2, 0) is 26.5 Å². The van der Waals surface area contributed by atoms with E-state index in [-0.39, 0.29) is 25.9 Å². The molecule has 3 nitrogen and oxygen atoms in total. The first kappa shape index (κ1) is 38.0. The van der Waals surface area contributed by atoms with E-state index in [1.807, 2.05) is 48.7 Å². The summed E-state index contributed by atoms with van der Waals surface area (Å²) in [5.41, 5.74) is 11.3. The van der Waals surface area contributed by atoms with Crippen LogP contribution in [0.15, 0.2) is 108 Å². The molecule has 263 valence electrons. The van der Waals surface area contributed by atoms with E-state index in [4.69, 9.17) is 4.42 Å². The molecule has 3 heterocycles. The first-order valence-corrected chi connectivity index (χ1v) is 21.0. The van der Waals surface area contributed by atoms with Crippen molar-refractivity contribution in [1.29, 1.82) is 0 Å². The fourth-order valence-corrected chi connectivity index (χ4v) is 8.12. The molecule has 6 heteroatoms. The van der Waals surface area contributed by atoms with Gasteiger partial charge in [-0.1, -0.05) is 100 Å². The molecule has 0 saturated heterocycles. The Morgan fingerprint density at radius 2 is 1.49 bits per heavy atom. The second kappa shape index (κ2) is 16.0. The molecular formula is C45H45FIrN2OSi-2. The van der Waals surface area contributed by atoms with Gasteiger partial charge in [-0.25, -0.2) is 4.39 Å². The average molecular weight is 869 g/mol. The van der Waals surface area contributed by atoms with E-state index in [1.54, 1.807) is 12.1 Å². The number of hydrogen-bond donors (Lipinski definition) is 0. The summed E-state index contributed by atoms with van der Waals surface area (Å²) >= 11 is 0. The standard InChI is InChI=1S/C27H21FNO.C18H24NSi.Ir/c1-16(2)24-14-25(29-15-17(24)3)23-6-4-5-22-21-12-9-19(13-26(21)30-27(22)23)18-7-10-20(28)11-8-18;1-14(2)11-16-12-17(15-9-7-6-8-10-15)19-13-18(16)20(3,4)5;/h4-5,7-16H,1-3H3;6-9,12-14H,11H2,1-5H3;/q2*-1;. The first-order chi connectivity index (χ1) is 23.9. The zero-order chi connectivity index (χ0) is 35.6. The Balaban J connectivity index is 0.000000211. The van der Waals surface area contributed by atoms with Gasteiger partial charge >= 0.3 is 0 Å². The molecule has 0 unspecified atom stereocenters. The van der Waals surface area contributed by atoms with Gasteiger partial charge in [0.25, 0.3) is 0 Å². The minimum atomic E-state index is -1.34. The molecular weight excluding hydrogens is 824 g/mol. The van der Waals surface area contributed by atoms with Crippen LogP contribution in [0.5, 0.6) is 0 Å². The van der Waals surface area contributed by atoms with Crippen LogP contribution in [-0.4, -0.2) is 18.0 Å². The molecule has 4 aromatic carbocycles. The van der Waals surface area contributed by atoms with E-state index in [1.165, 1.54) is 34.0 Å². The largest absolute Gasteiger partial charge is 0.501 e. The normalized spacial score (nSPS) is 11.5. The summed E-state index contributed by atoms with van der Waals surface area (Å²) in [6, 6.07) is 35.7. The number of aromatic nitrogens is 2. The third-order valence-electron chi connectivity index (χ3n) is 9.04. The molecule has 1 radical (unpaired) electrons. The van der Waals surface area contributed by atoms with E-state index in [9.17, 15) is 4.39 Å². The number of aryl methyl sites for hydroxylation is 1. The number of pyridine rings is 2. The Morgan fingerprint density at radius 3 is 2.16 bits per heavy atom. The van der Waals surface area contributed by atoms with Gasteiger partial charge in [0.05, 0.1) is 13.7 Å². The number of hydrogen-bond acceptors (Lipinski definition) is 3. The second-order valence-corrected chi connectivity index (χ2v) is 19.9. The molecule has 0 bridgehead atoms. The van der Waals surface area contributed by atoms with Crippen LogP contribution >= 0.6 is 0 Å². The Kier molecular flexibility index (Phi) is 11.9. The Labute approximate surface area is 316 Å². The Hall–Kier alpha value is -4.22. The smallest absolute Gasteiger partial charge is 0.123 e. The summed E-state index contributed by atoms with van der Waals surface area (Å²) in [5, 5.41) is 3.58. The van der Waals surface area contributed by atoms with Crippen LogP contribution in [0.25, 0.3) is 55.6 Å². The molecule has 0 amide bonds. The Morgan fingerprint density at radius 1 is 0.765 bits per heavy atom. The first-order valence-electron chi connectivity index (χ1n) is 17.5. The van der Waals surface area contributed by atoms with E-state index in [2.05, 4.69) is 107 Å². The van der Waals surface area contributed by atoms with Gasteiger partial charge in [0.15, 0.2) is 0 Å². The maximum Gasteiger partial charge on any atom is 0.123 e. The molecule has 0 aliphatic rings. The average Bonchev–Trinajstić information content (AvgIpc) is 3.47. The SMILES string of the molecule is CC(C)Cc1cc(-c2[c-]cccc2)ncc1[Si](C)(C)C.Cc1cnc(-c2[c-]ccc3c2oc2cc(-c4ccc(F)cc4)ccc23)cc1C(C)C.[Ir].